The molecule has 8 nitrogen and oxygen atoms in total. The minimum Gasteiger partial charge on any atom is -0.493 e. The molecule has 0 radical (unpaired) electrons. The summed E-state index contributed by atoms with van der Waals surface area (Å²) in [6, 6.07) is 9.96. The van der Waals surface area contributed by atoms with Gasteiger partial charge < -0.3 is 9.47 Å². The highest BCUT2D eigenvalue weighted by molar-refractivity contribution is 7.90. The molecule has 3 aromatic rings. The van der Waals surface area contributed by atoms with Crippen LogP contribution in [-0.2, 0) is 29.2 Å². The van der Waals surface area contributed by atoms with Crippen LogP contribution in [0.5, 0.6) is 17.6 Å². The maximum Gasteiger partial charge on any atom is 0.323 e. The summed E-state index contributed by atoms with van der Waals surface area (Å²) in [7, 11) is -3.30. The molecule has 0 spiro atoms. The number of ether oxygens (including phenoxy) is 2. The lowest BCUT2D eigenvalue weighted by Gasteiger charge is -2.33. The van der Waals surface area contributed by atoms with Crippen molar-refractivity contribution in [2.45, 2.75) is 37.2 Å². The molecule has 2 aromatic heterocycles. The monoisotopic (exact) mass is 452 g/mol. The first-order valence-corrected chi connectivity index (χ1v) is 12.4. The number of hydrogen-bond donors (Lipinski definition) is 0. The topological polar surface area (TPSA) is 94.5 Å². The Kier molecular flexibility index (Phi) is 5.30. The molecular weight excluding hydrogens is 428 g/mol. The molecule has 4 heterocycles. The van der Waals surface area contributed by atoms with E-state index in [1.54, 1.807) is 6.20 Å². The standard InChI is InChI=1S/C23H24N4O4S/c1-15(17-4-3-16-8-10-30-21(16)11-17)27-9-7-20-18(14-27)12-25-23(26-20)31-22-6-5-19(13-24-22)32(2,28)29/h3-6,11-13,15H,7-10,14H2,1-2H3. The second kappa shape index (κ2) is 8.14. The van der Waals surface area contributed by atoms with E-state index in [-0.39, 0.29) is 22.8 Å². The molecule has 1 atom stereocenters. The lowest BCUT2D eigenvalue weighted by atomic mass is 10.00. The minimum absolute atomic E-state index is 0.139. The average molecular weight is 453 g/mol. The van der Waals surface area contributed by atoms with Crippen molar-refractivity contribution in [2.75, 3.05) is 19.4 Å². The minimum atomic E-state index is -3.30. The number of nitrogens with zero attached hydrogens (tertiary/aromatic N) is 4. The summed E-state index contributed by atoms with van der Waals surface area (Å²) in [5.74, 6) is 1.26. The quantitative estimate of drug-likeness (QED) is 0.583. The first-order chi connectivity index (χ1) is 15.4. The molecule has 2 aliphatic heterocycles. The maximum absolute atomic E-state index is 11.6. The van der Waals surface area contributed by atoms with Crippen LogP contribution in [0.25, 0.3) is 0 Å². The second-order valence-corrected chi connectivity index (χ2v) is 10.2. The molecule has 1 unspecified atom stereocenters. The molecule has 0 saturated heterocycles. The lowest BCUT2D eigenvalue weighted by Crippen LogP contribution is -2.33. The fourth-order valence-corrected chi connectivity index (χ4v) is 4.65. The normalized spacial score (nSPS) is 16.7. The van der Waals surface area contributed by atoms with Crippen LogP contribution in [0, 0.1) is 0 Å². The van der Waals surface area contributed by atoms with Gasteiger partial charge in [0.1, 0.15) is 5.75 Å². The van der Waals surface area contributed by atoms with Crippen LogP contribution in [0.3, 0.4) is 0 Å². The third kappa shape index (κ3) is 4.18. The zero-order valence-corrected chi connectivity index (χ0v) is 18.8. The Morgan fingerprint density at radius 2 is 1.97 bits per heavy atom. The van der Waals surface area contributed by atoms with Gasteiger partial charge in [-0.3, -0.25) is 4.90 Å². The van der Waals surface area contributed by atoms with E-state index in [0.717, 1.165) is 55.8 Å². The van der Waals surface area contributed by atoms with Crippen molar-refractivity contribution in [3.63, 3.8) is 0 Å². The Bertz CT molecular complexity index is 1260. The Morgan fingerprint density at radius 3 is 2.75 bits per heavy atom. The number of benzene rings is 1. The van der Waals surface area contributed by atoms with Crippen LogP contribution >= 0.6 is 0 Å². The van der Waals surface area contributed by atoms with E-state index < -0.39 is 9.84 Å². The summed E-state index contributed by atoms with van der Waals surface area (Å²) in [5.41, 5.74) is 4.57. The van der Waals surface area contributed by atoms with Crippen LogP contribution in [-0.4, -0.2) is 47.7 Å². The first kappa shape index (κ1) is 20.8. The number of fused-ring (bicyclic) bond motifs is 2. The van der Waals surface area contributed by atoms with E-state index in [1.807, 2.05) is 0 Å². The Morgan fingerprint density at radius 1 is 1.09 bits per heavy atom. The van der Waals surface area contributed by atoms with Crippen molar-refractivity contribution in [2.24, 2.45) is 0 Å². The van der Waals surface area contributed by atoms with Gasteiger partial charge in [0.15, 0.2) is 9.84 Å². The highest BCUT2D eigenvalue weighted by atomic mass is 32.2. The van der Waals surface area contributed by atoms with E-state index in [1.165, 1.54) is 29.5 Å². The van der Waals surface area contributed by atoms with Crippen molar-refractivity contribution in [1.82, 2.24) is 19.9 Å². The maximum atomic E-state index is 11.6. The van der Waals surface area contributed by atoms with Gasteiger partial charge in [0.25, 0.3) is 0 Å². The number of pyridine rings is 1. The average Bonchev–Trinajstić information content (AvgIpc) is 3.26. The predicted molar refractivity (Wildman–Crippen MR) is 118 cm³/mol. The third-order valence-corrected chi connectivity index (χ3v) is 7.12. The summed E-state index contributed by atoms with van der Waals surface area (Å²) in [5, 5.41) is 0. The van der Waals surface area contributed by atoms with Crippen LogP contribution in [0.4, 0.5) is 0 Å². The van der Waals surface area contributed by atoms with Gasteiger partial charge in [0.05, 0.1) is 17.2 Å². The molecule has 0 aliphatic carbocycles. The summed E-state index contributed by atoms with van der Waals surface area (Å²) < 4.78 is 34.5. The second-order valence-electron chi connectivity index (χ2n) is 8.19. The smallest absolute Gasteiger partial charge is 0.323 e. The highest BCUT2D eigenvalue weighted by Crippen LogP contribution is 2.33. The van der Waals surface area contributed by atoms with Gasteiger partial charge in [-0.05, 0) is 30.2 Å². The molecule has 166 valence electrons. The molecule has 0 N–H and O–H groups in total. The molecule has 32 heavy (non-hydrogen) atoms. The Hall–Kier alpha value is -3.04. The summed E-state index contributed by atoms with van der Waals surface area (Å²) >= 11 is 0. The van der Waals surface area contributed by atoms with Crippen molar-refractivity contribution in [1.29, 1.82) is 0 Å². The van der Waals surface area contributed by atoms with E-state index in [9.17, 15) is 8.42 Å². The van der Waals surface area contributed by atoms with Gasteiger partial charge in [-0.2, -0.15) is 4.98 Å². The molecule has 9 heteroatoms. The van der Waals surface area contributed by atoms with Crippen molar-refractivity contribution >= 4 is 9.84 Å². The third-order valence-electron chi connectivity index (χ3n) is 6.02. The van der Waals surface area contributed by atoms with Crippen LogP contribution < -0.4 is 9.47 Å². The number of aromatic nitrogens is 3. The van der Waals surface area contributed by atoms with Crippen LogP contribution in [0.2, 0.25) is 0 Å². The SMILES string of the molecule is CC(c1ccc2c(c1)OCC2)N1CCc2nc(Oc3ccc(S(C)(=O)=O)cn3)ncc2C1. The van der Waals surface area contributed by atoms with Crippen LogP contribution in [0.1, 0.15) is 35.3 Å². The van der Waals surface area contributed by atoms with Crippen molar-refractivity contribution in [3.05, 3.63) is 65.1 Å². The summed E-state index contributed by atoms with van der Waals surface area (Å²) in [4.78, 5) is 15.5. The molecule has 5 rings (SSSR count). The molecule has 0 fully saturated rings. The molecule has 0 amide bonds. The highest BCUT2D eigenvalue weighted by Gasteiger charge is 2.25. The van der Waals surface area contributed by atoms with E-state index in [2.05, 4.69) is 45.0 Å². The summed E-state index contributed by atoms with van der Waals surface area (Å²) in [6.07, 6.45) is 5.99. The van der Waals surface area contributed by atoms with E-state index in [4.69, 9.17) is 9.47 Å². The largest absolute Gasteiger partial charge is 0.493 e. The Balaban J connectivity index is 1.28. The van der Waals surface area contributed by atoms with Gasteiger partial charge in [-0.1, -0.05) is 12.1 Å². The first-order valence-electron chi connectivity index (χ1n) is 10.6. The number of rotatable bonds is 5. The van der Waals surface area contributed by atoms with Gasteiger partial charge >= 0.3 is 6.01 Å². The van der Waals surface area contributed by atoms with E-state index in [0.29, 0.717) is 0 Å². The molecule has 0 saturated carbocycles. The van der Waals surface area contributed by atoms with Gasteiger partial charge in [0.2, 0.25) is 5.88 Å². The Labute approximate surface area is 187 Å². The molecular formula is C23H24N4O4S. The zero-order chi connectivity index (χ0) is 22.3. The fraction of sp³-hybridized carbons (Fsp3) is 0.348. The zero-order valence-electron chi connectivity index (χ0n) is 18.0. The van der Waals surface area contributed by atoms with Crippen molar-refractivity contribution in [3.8, 4) is 17.6 Å². The summed E-state index contributed by atoms with van der Waals surface area (Å²) in [6.45, 7) is 4.62. The van der Waals surface area contributed by atoms with Gasteiger partial charge in [-0.15, -0.1) is 0 Å². The van der Waals surface area contributed by atoms with Crippen molar-refractivity contribution < 1.29 is 17.9 Å². The number of hydrogen-bond acceptors (Lipinski definition) is 8. The molecule has 0 bridgehead atoms. The lowest BCUT2D eigenvalue weighted by molar-refractivity contribution is 0.189. The van der Waals surface area contributed by atoms with Gasteiger partial charge in [0, 0.05) is 62.3 Å². The number of sulfone groups is 1. The molecule has 1 aromatic carbocycles. The van der Waals surface area contributed by atoms with Gasteiger partial charge in [-0.25, -0.2) is 18.4 Å². The van der Waals surface area contributed by atoms with E-state index >= 15 is 0 Å². The van der Waals surface area contributed by atoms with Crippen LogP contribution in [0.15, 0.2) is 47.6 Å². The fourth-order valence-electron chi connectivity index (χ4n) is 4.09. The predicted octanol–water partition coefficient (Wildman–Crippen LogP) is 3.12. The molecule has 2 aliphatic rings.